The van der Waals surface area contributed by atoms with E-state index in [0.29, 0.717) is 10.8 Å². The maximum Gasteiger partial charge on any atom is 0.317 e. The van der Waals surface area contributed by atoms with E-state index in [9.17, 15) is 9.59 Å². The summed E-state index contributed by atoms with van der Waals surface area (Å²) in [7, 11) is 0. The van der Waals surface area contributed by atoms with Crippen molar-refractivity contribution in [2.45, 2.75) is 32.0 Å². The van der Waals surface area contributed by atoms with Gasteiger partial charge in [0, 0.05) is 17.1 Å². The van der Waals surface area contributed by atoms with E-state index in [0.717, 1.165) is 11.4 Å². The molecule has 0 bridgehead atoms. The van der Waals surface area contributed by atoms with E-state index in [-0.39, 0.29) is 11.7 Å². The first kappa shape index (κ1) is 17.9. The number of esters is 1. The second-order valence-electron chi connectivity index (χ2n) is 5.21. The third-order valence-corrected chi connectivity index (χ3v) is 3.82. The molecule has 0 saturated heterocycles. The van der Waals surface area contributed by atoms with Gasteiger partial charge in [-0.05, 0) is 39.0 Å². The van der Waals surface area contributed by atoms with Crippen LogP contribution in [0.15, 0.2) is 41.6 Å². The third-order valence-electron chi connectivity index (χ3n) is 3.00. The van der Waals surface area contributed by atoms with Crippen LogP contribution in [0.1, 0.15) is 18.3 Å². The second kappa shape index (κ2) is 8.44. The standard InChI is InChI=1S/C17H19N3O3S/c1-11-9-12(2)19-17(18-11)24-10-15(21)23-13(3)16(22)20-14-7-5-4-6-8-14/h4-9,13H,10H2,1-3H3,(H,20,22)/t13-/m1/s1. The molecule has 0 radical (unpaired) electrons. The summed E-state index contributed by atoms with van der Waals surface area (Å²) in [6.45, 7) is 5.27. The highest BCUT2D eigenvalue weighted by Crippen LogP contribution is 2.15. The summed E-state index contributed by atoms with van der Waals surface area (Å²) in [5.41, 5.74) is 2.34. The Morgan fingerprint density at radius 2 is 1.79 bits per heavy atom. The molecule has 2 aromatic rings. The van der Waals surface area contributed by atoms with Gasteiger partial charge in [-0.2, -0.15) is 0 Å². The van der Waals surface area contributed by atoms with Gasteiger partial charge in [0.25, 0.3) is 5.91 Å². The second-order valence-corrected chi connectivity index (χ2v) is 6.15. The molecule has 0 aliphatic carbocycles. The van der Waals surface area contributed by atoms with E-state index < -0.39 is 12.1 Å². The molecule has 1 heterocycles. The molecule has 1 amide bonds. The van der Waals surface area contributed by atoms with Crippen LogP contribution in [0, 0.1) is 13.8 Å². The average molecular weight is 345 g/mol. The summed E-state index contributed by atoms with van der Waals surface area (Å²) in [6.07, 6.45) is -0.876. The minimum absolute atomic E-state index is 0.0475. The first-order valence-electron chi connectivity index (χ1n) is 7.44. The first-order valence-corrected chi connectivity index (χ1v) is 8.43. The molecule has 6 nitrogen and oxygen atoms in total. The molecule has 0 fully saturated rings. The van der Waals surface area contributed by atoms with Crippen molar-refractivity contribution in [3.05, 3.63) is 47.8 Å². The number of benzene rings is 1. The monoisotopic (exact) mass is 345 g/mol. The zero-order chi connectivity index (χ0) is 17.5. The summed E-state index contributed by atoms with van der Waals surface area (Å²) in [4.78, 5) is 32.3. The minimum atomic E-state index is -0.876. The number of carbonyl (C=O) groups excluding carboxylic acids is 2. The van der Waals surface area contributed by atoms with Crippen LogP contribution >= 0.6 is 11.8 Å². The van der Waals surface area contributed by atoms with Crippen LogP contribution in [0.3, 0.4) is 0 Å². The van der Waals surface area contributed by atoms with Gasteiger partial charge in [0.15, 0.2) is 11.3 Å². The number of aromatic nitrogens is 2. The number of rotatable bonds is 6. The fourth-order valence-corrected chi connectivity index (χ4v) is 2.66. The Kier molecular flexibility index (Phi) is 6.31. The van der Waals surface area contributed by atoms with Crippen molar-refractivity contribution in [1.29, 1.82) is 0 Å². The van der Waals surface area contributed by atoms with Crippen molar-refractivity contribution in [1.82, 2.24) is 9.97 Å². The molecule has 2 rings (SSSR count). The first-order chi connectivity index (χ1) is 11.4. The zero-order valence-corrected chi connectivity index (χ0v) is 14.6. The van der Waals surface area contributed by atoms with Gasteiger partial charge < -0.3 is 10.1 Å². The summed E-state index contributed by atoms with van der Waals surface area (Å²) < 4.78 is 5.14. The van der Waals surface area contributed by atoms with Crippen LogP contribution < -0.4 is 5.32 Å². The van der Waals surface area contributed by atoms with Crippen molar-refractivity contribution < 1.29 is 14.3 Å². The van der Waals surface area contributed by atoms with Gasteiger partial charge in [0.2, 0.25) is 0 Å². The Morgan fingerprint density at radius 3 is 2.42 bits per heavy atom. The third kappa shape index (κ3) is 5.66. The molecular weight excluding hydrogens is 326 g/mol. The summed E-state index contributed by atoms with van der Waals surface area (Å²) in [5, 5.41) is 3.21. The summed E-state index contributed by atoms with van der Waals surface area (Å²) in [6, 6.07) is 10.9. The van der Waals surface area contributed by atoms with Gasteiger partial charge in [-0.1, -0.05) is 30.0 Å². The van der Waals surface area contributed by atoms with Crippen molar-refractivity contribution in [3.63, 3.8) is 0 Å². The topological polar surface area (TPSA) is 81.2 Å². The Balaban J connectivity index is 1.81. The predicted octanol–water partition coefficient (Wildman–Crippen LogP) is 2.76. The molecule has 0 unspecified atom stereocenters. The molecule has 1 aromatic carbocycles. The molecular formula is C17H19N3O3S. The molecule has 7 heteroatoms. The summed E-state index contributed by atoms with van der Waals surface area (Å²) in [5.74, 6) is -0.813. The van der Waals surface area contributed by atoms with Crippen LogP contribution in [-0.2, 0) is 14.3 Å². The van der Waals surface area contributed by atoms with E-state index in [2.05, 4.69) is 15.3 Å². The molecule has 1 N–H and O–H groups in total. The maximum atomic E-state index is 12.0. The fourth-order valence-electron chi connectivity index (χ4n) is 1.93. The van der Waals surface area contributed by atoms with Crippen LogP contribution in [-0.4, -0.2) is 33.7 Å². The number of thioether (sulfide) groups is 1. The van der Waals surface area contributed by atoms with Crippen molar-refractivity contribution in [3.8, 4) is 0 Å². The van der Waals surface area contributed by atoms with Crippen molar-refractivity contribution in [2.24, 2.45) is 0 Å². The highest BCUT2D eigenvalue weighted by Gasteiger charge is 2.18. The predicted molar refractivity (Wildman–Crippen MR) is 92.9 cm³/mol. The zero-order valence-electron chi connectivity index (χ0n) is 13.8. The van der Waals surface area contributed by atoms with Crippen LogP contribution in [0.25, 0.3) is 0 Å². The van der Waals surface area contributed by atoms with E-state index in [1.807, 2.05) is 38.1 Å². The van der Waals surface area contributed by atoms with E-state index in [1.165, 1.54) is 18.7 Å². The number of carbonyl (C=O) groups is 2. The molecule has 0 aliphatic rings. The van der Waals surface area contributed by atoms with Gasteiger partial charge in [-0.15, -0.1) is 0 Å². The molecule has 0 saturated carbocycles. The normalized spacial score (nSPS) is 11.6. The van der Waals surface area contributed by atoms with Gasteiger partial charge in [-0.3, -0.25) is 9.59 Å². The number of hydrogen-bond acceptors (Lipinski definition) is 6. The van der Waals surface area contributed by atoms with Gasteiger partial charge in [0.05, 0.1) is 5.75 Å². The van der Waals surface area contributed by atoms with Gasteiger partial charge in [-0.25, -0.2) is 9.97 Å². The van der Waals surface area contributed by atoms with Crippen LogP contribution in [0.2, 0.25) is 0 Å². The number of aryl methyl sites for hydroxylation is 2. The summed E-state index contributed by atoms with van der Waals surface area (Å²) >= 11 is 1.19. The van der Waals surface area contributed by atoms with Gasteiger partial charge >= 0.3 is 5.97 Å². The Hall–Kier alpha value is -2.41. The largest absolute Gasteiger partial charge is 0.452 e. The molecule has 126 valence electrons. The lowest BCUT2D eigenvalue weighted by Crippen LogP contribution is -2.30. The number of nitrogens with one attached hydrogen (secondary N) is 1. The molecule has 1 atom stereocenters. The van der Waals surface area contributed by atoms with Gasteiger partial charge in [0.1, 0.15) is 0 Å². The highest BCUT2D eigenvalue weighted by atomic mass is 32.2. The SMILES string of the molecule is Cc1cc(C)nc(SCC(=O)O[C@H](C)C(=O)Nc2ccccc2)n1. The van der Waals surface area contributed by atoms with E-state index in [4.69, 9.17) is 4.74 Å². The minimum Gasteiger partial charge on any atom is -0.452 e. The number of ether oxygens (including phenoxy) is 1. The lowest BCUT2D eigenvalue weighted by molar-refractivity contribution is -0.150. The fraction of sp³-hybridized carbons (Fsp3) is 0.294. The number of amides is 1. The van der Waals surface area contributed by atoms with Crippen molar-refractivity contribution in [2.75, 3.05) is 11.1 Å². The average Bonchev–Trinajstić information content (AvgIpc) is 2.53. The lowest BCUT2D eigenvalue weighted by atomic mass is 10.3. The van der Waals surface area contributed by atoms with Crippen molar-refractivity contribution >= 4 is 29.3 Å². The number of nitrogens with zero attached hydrogens (tertiary/aromatic N) is 2. The Bertz CT molecular complexity index is 702. The highest BCUT2D eigenvalue weighted by molar-refractivity contribution is 7.99. The van der Waals surface area contributed by atoms with Crippen LogP contribution in [0.4, 0.5) is 5.69 Å². The van der Waals surface area contributed by atoms with Crippen LogP contribution in [0.5, 0.6) is 0 Å². The number of anilines is 1. The quantitative estimate of drug-likeness (QED) is 0.492. The molecule has 0 aliphatic heterocycles. The lowest BCUT2D eigenvalue weighted by Gasteiger charge is -2.13. The van der Waals surface area contributed by atoms with E-state index in [1.54, 1.807) is 12.1 Å². The number of para-hydroxylation sites is 1. The molecule has 24 heavy (non-hydrogen) atoms. The number of hydrogen-bond donors (Lipinski definition) is 1. The smallest absolute Gasteiger partial charge is 0.317 e. The Labute approximate surface area is 145 Å². The Morgan fingerprint density at radius 1 is 1.17 bits per heavy atom. The molecule has 0 spiro atoms. The molecule has 1 aromatic heterocycles. The maximum absolute atomic E-state index is 12.0. The van der Waals surface area contributed by atoms with E-state index >= 15 is 0 Å².